The van der Waals surface area contributed by atoms with Crippen LogP contribution in [0.15, 0.2) is 5.38 Å². The smallest absolute Gasteiger partial charge is 0.350 e. The van der Waals surface area contributed by atoms with E-state index in [1.165, 1.54) is 7.11 Å². The second-order valence-electron chi connectivity index (χ2n) is 4.96. The standard InChI is InChI=1S/C13H17NO5S2/c1-8-7-20-11(13(16)19-2)10(8)14-12(15)9-5-3-4-6-21(9,17)18/h7,9H,3-6H2,1-2H3,(H,14,15). The average Bonchev–Trinajstić information content (AvgIpc) is 2.79. The first kappa shape index (κ1) is 16.0. The number of hydrogen-bond donors (Lipinski definition) is 1. The van der Waals surface area contributed by atoms with Crippen molar-refractivity contribution in [1.29, 1.82) is 0 Å². The summed E-state index contributed by atoms with van der Waals surface area (Å²) in [6.45, 7) is 1.74. The topological polar surface area (TPSA) is 89.5 Å². The van der Waals surface area contributed by atoms with E-state index in [0.29, 0.717) is 30.5 Å². The average molecular weight is 331 g/mol. The molecule has 21 heavy (non-hydrogen) atoms. The van der Waals surface area contributed by atoms with E-state index in [0.717, 1.165) is 11.3 Å². The molecule has 1 aromatic heterocycles. The second kappa shape index (κ2) is 6.15. The molecule has 1 N–H and O–H groups in total. The Kier molecular flexibility index (Phi) is 4.67. The van der Waals surface area contributed by atoms with Gasteiger partial charge in [-0.15, -0.1) is 11.3 Å². The number of thiophene rings is 1. The largest absolute Gasteiger partial charge is 0.465 e. The molecule has 1 fully saturated rings. The molecule has 0 saturated carbocycles. The van der Waals surface area contributed by atoms with Crippen LogP contribution in [0.25, 0.3) is 0 Å². The zero-order chi connectivity index (χ0) is 15.6. The number of rotatable bonds is 3. The molecule has 0 bridgehead atoms. The van der Waals surface area contributed by atoms with Crippen molar-refractivity contribution >= 4 is 38.7 Å². The van der Waals surface area contributed by atoms with Gasteiger partial charge >= 0.3 is 5.97 Å². The molecular formula is C13H17NO5S2. The lowest BCUT2D eigenvalue weighted by atomic mass is 10.1. The summed E-state index contributed by atoms with van der Waals surface area (Å²) < 4.78 is 28.6. The number of sulfone groups is 1. The molecule has 1 atom stereocenters. The molecular weight excluding hydrogens is 314 g/mol. The Morgan fingerprint density at radius 3 is 2.71 bits per heavy atom. The minimum atomic E-state index is -3.40. The molecule has 1 saturated heterocycles. The predicted octanol–water partition coefficient (Wildman–Crippen LogP) is 1.75. The van der Waals surface area contributed by atoms with Crippen LogP contribution in [-0.2, 0) is 19.4 Å². The molecule has 0 aromatic carbocycles. The quantitative estimate of drug-likeness (QED) is 0.852. The normalized spacial score (nSPS) is 20.8. The van der Waals surface area contributed by atoms with Crippen LogP contribution in [0.2, 0.25) is 0 Å². The fourth-order valence-corrected chi connectivity index (χ4v) is 5.02. The number of esters is 1. The lowest BCUT2D eigenvalue weighted by molar-refractivity contribution is -0.116. The molecule has 1 amide bonds. The summed E-state index contributed by atoms with van der Waals surface area (Å²) in [5.41, 5.74) is 1.06. The van der Waals surface area contributed by atoms with Crippen LogP contribution in [0.5, 0.6) is 0 Å². The van der Waals surface area contributed by atoms with E-state index in [2.05, 4.69) is 10.1 Å². The van der Waals surface area contributed by atoms with Crippen molar-refractivity contribution in [3.63, 3.8) is 0 Å². The van der Waals surface area contributed by atoms with Crippen LogP contribution in [0.4, 0.5) is 5.69 Å². The Labute approximate surface area is 127 Å². The van der Waals surface area contributed by atoms with Crippen LogP contribution in [0.1, 0.15) is 34.5 Å². The summed E-state index contributed by atoms with van der Waals surface area (Å²) in [7, 11) is -2.14. The Morgan fingerprint density at radius 1 is 1.38 bits per heavy atom. The van der Waals surface area contributed by atoms with Gasteiger partial charge in [-0.3, -0.25) is 4.79 Å². The summed E-state index contributed by atoms with van der Waals surface area (Å²) in [6, 6.07) is 0. The molecule has 2 rings (SSSR count). The first-order valence-corrected chi connectivity index (χ1v) is 9.15. The van der Waals surface area contributed by atoms with E-state index in [9.17, 15) is 18.0 Å². The van der Waals surface area contributed by atoms with Crippen LogP contribution >= 0.6 is 11.3 Å². The Morgan fingerprint density at radius 2 is 2.10 bits per heavy atom. The van der Waals surface area contributed by atoms with Crippen LogP contribution in [0.3, 0.4) is 0 Å². The van der Waals surface area contributed by atoms with E-state index < -0.39 is 27.0 Å². The van der Waals surface area contributed by atoms with Crippen molar-refractivity contribution in [1.82, 2.24) is 0 Å². The maximum absolute atomic E-state index is 12.3. The molecule has 1 aliphatic rings. The maximum Gasteiger partial charge on any atom is 0.350 e. The first-order chi connectivity index (χ1) is 9.86. The zero-order valence-electron chi connectivity index (χ0n) is 11.8. The monoisotopic (exact) mass is 331 g/mol. The highest BCUT2D eigenvalue weighted by atomic mass is 32.2. The molecule has 2 heterocycles. The van der Waals surface area contributed by atoms with Gasteiger partial charge in [-0.2, -0.15) is 0 Å². The van der Waals surface area contributed by atoms with Gasteiger partial charge in [0, 0.05) is 0 Å². The van der Waals surface area contributed by atoms with Crippen LogP contribution in [-0.4, -0.2) is 38.4 Å². The summed E-state index contributed by atoms with van der Waals surface area (Å²) in [5, 5.41) is 3.28. The molecule has 1 aromatic rings. The van der Waals surface area contributed by atoms with Gasteiger partial charge in [0.25, 0.3) is 0 Å². The lowest BCUT2D eigenvalue weighted by Gasteiger charge is -2.21. The summed E-state index contributed by atoms with van der Waals surface area (Å²) in [6.07, 6.45) is 1.63. The molecule has 1 aliphatic heterocycles. The Bertz CT molecular complexity index is 662. The number of methoxy groups -OCH3 is 1. The number of carbonyl (C=O) groups excluding carboxylic acids is 2. The first-order valence-electron chi connectivity index (χ1n) is 6.55. The van der Waals surface area contributed by atoms with Gasteiger partial charge in [0.1, 0.15) is 10.1 Å². The van der Waals surface area contributed by atoms with E-state index in [4.69, 9.17) is 0 Å². The Hall–Kier alpha value is -1.41. The third-order valence-electron chi connectivity index (χ3n) is 3.47. The van der Waals surface area contributed by atoms with E-state index in [1.54, 1.807) is 12.3 Å². The second-order valence-corrected chi connectivity index (χ2v) is 8.14. The molecule has 0 radical (unpaired) electrons. The fraction of sp³-hybridized carbons (Fsp3) is 0.538. The van der Waals surface area contributed by atoms with Crippen LogP contribution < -0.4 is 5.32 Å². The van der Waals surface area contributed by atoms with Crippen molar-refractivity contribution < 1.29 is 22.7 Å². The highest BCUT2D eigenvalue weighted by Gasteiger charge is 2.35. The number of nitrogens with one attached hydrogen (secondary N) is 1. The number of hydrogen-bond acceptors (Lipinski definition) is 6. The molecule has 116 valence electrons. The number of ether oxygens (including phenoxy) is 1. The zero-order valence-corrected chi connectivity index (χ0v) is 13.5. The summed E-state index contributed by atoms with van der Waals surface area (Å²) in [4.78, 5) is 24.2. The van der Waals surface area contributed by atoms with Gasteiger partial charge in [-0.05, 0) is 30.7 Å². The predicted molar refractivity (Wildman–Crippen MR) is 80.5 cm³/mol. The van der Waals surface area contributed by atoms with Crippen molar-refractivity contribution in [2.24, 2.45) is 0 Å². The third-order valence-corrected chi connectivity index (χ3v) is 6.72. The Balaban J connectivity index is 2.24. The van der Waals surface area contributed by atoms with Gasteiger partial charge in [-0.25, -0.2) is 13.2 Å². The molecule has 8 heteroatoms. The van der Waals surface area contributed by atoms with Crippen molar-refractivity contribution in [3.8, 4) is 0 Å². The SMILES string of the molecule is COC(=O)c1scc(C)c1NC(=O)C1CCCCS1(=O)=O. The number of aryl methyl sites for hydroxylation is 1. The summed E-state index contributed by atoms with van der Waals surface area (Å²) in [5.74, 6) is -1.08. The maximum atomic E-state index is 12.3. The van der Waals surface area contributed by atoms with Gasteiger partial charge in [0.15, 0.2) is 9.84 Å². The summed E-state index contributed by atoms with van der Waals surface area (Å²) >= 11 is 1.16. The van der Waals surface area contributed by atoms with Gasteiger partial charge in [-0.1, -0.05) is 6.42 Å². The van der Waals surface area contributed by atoms with Crippen LogP contribution in [0, 0.1) is 6.92 Å². The van der Waals surface area contributed by atoms with Crippen molar-refractivity contribution in [3.05, 3.63) is 15.8 Å². The minimum Gasteiger partial charge on any atom is -0.465 e. The van der Waals surface area contributed by atoms with Gasteiger partial charge < -0.3 is 10.1 Å². The molecule has 0 spiro atoms. The molecule has 6 nitrogen and oxygen atoms in total. The van der Waals surface area contributed by atoms with Gasteiger partial charge in [0.05, 0.1) is 18.6 Å². The van der Waals surface area contributed by atoms with E-state index in [-0.39, 0.29) is 10.6 Å². The lowest BCUT2D eigenvalue weighted by Crippen LogP contribution is -2.39. The third kappa shape index (κ3) is 3.26. The molecule has 0 aliphatic carbocycles. The highest BCUT2D eigenvalue weighted by molar-refractivity contribution is 7.92. The van der Waals surface area contributed by atoms with E-state index in [1.807, 2.05) is 0 Å². The minimum absolute atomic E-state index is 0.0393. The van der Waals surface area contributed by atoms with E-state index >= 15 is 0 Å². The number of carbonyl (C=O) groups is 2. The van der Waals surface area contributed by atoms with Crippen molar-refractivity contribution in [2.45, 2.75) is 31.4 Å². The molecule has 1 unspecified atom stereocenters. The highest BCUT2D eigenvalue weighted by Crippen LogP contribution is 2.29. The number of amides is 1. The van der Waals surface area contributed by atoms with Crippen molar-refractivity contribution in [2.75, 3.05) is 18.2 Å². The number of anilines is 1. The fourth-order valence-electron chi connectivity index (χ4n) is 2.30. The van der Waals surface area contributed by atoms with Gasteiger partial charge in [0.2, 0.25) is 5.91 Å².